The summed E-state index contributed by atoms with van der Waals surface area (Å²) in [6, 6.07) is 0. The summed E-state index contributed by atoms with van der Waals surface area (Å²) in [6.45, 7) is 10.3. The lowest BCUT2D eigenvalue weighted by Gasteiger charge is -2.20. The molecular weight excluding hydrogens is 509 g/mol. The quantitative estimate of drug-likeness (QED) is 0.0579. The number of unbranched alkanes of at least 4 members (excludes halogenated alkanes) is 21. The molecule has 0 radical (unpaired) electrons. The molecule has 0 saturated heterocycles. The van der Waals surface area contributed by atoms with Crippen LogP contribution in [-0.4, -0.2) is 52.6 Å². The number of phosphoric ester groups is 1. The Labute approximate surface area is 244 Å². The Hall–Kier alpha value is 0.0300. The topological polar surface area (TPSA) is 90.2 Å². The molecule has 0 atom stereocenters. The van der Waals surface area contributed by atoms with E-state index < -0.39 is 7.82 Å². The summed E-state index contributed by atoms with van der Waals surface area (Å²) in [7, 11) is -4.26. The minimum absolute atomic E-state index is 0.170. The van der Waals surface area contributed by atoms with E-state index in [1.54, 1.807) is 0 Å². The SMILES string of the molecule is CCCCCCCCCCCCCCCCCCCCCCOP(=O)(O)O.CCCCN(CCO)CCCC. The molecular formula is C32H70NO5P. The molecule has 0 aliphatic heterocycles. The second-order valence-corrected chi connectivity index (χ2v) is 12.6. The van der Waals surface area contributed by atoms with Gasteiger partial charge in [-0.25, -0.2) is 4.57 Å². The summed E-state index contributed by atoms with van der Waals surface area (Å²) in [5, 5.41) is 8.79. The first-order chi connectivity index (χ1) is 18.9. The van der Waals surface area contributed by atoms with Crippen molar-refractivity contribution in [1.29, 1.82) is 0 Å². The van der Waals surface area contributed by atoms with E-state index in [2.05, 4.69) is 30.2 Å². The van der Waals surface area contributed by atoms with Crippen LogP contribution >= 0.6 is 7.82 Å². The summed E-state index contributed by atoms with van der Waals surface area (Å²) in [5.74, 6) is 0. The van der Waals surface area contributed by atoms with Crippen molar-refractivity contribution in [3.8, 4) is 0 Å². The molecule has 0 heterocycles. The normalized spacial score (nSPS) is 11.7. The minimum Gasteiger partial charge on any atom is -0.395 e. The van der Waals surface area contributed by atoms with Gasteiger partial charge in [-0.3, -0.25) is 4.52 Å². The molecule has 0 rings (SSSR count). The number of hydrogen-bond donors (Lipinski definition) is 3. The Morgan fingerprint density at radius 1 is 0.487 bits per heavy atom. The van der Waals surface area contributed by atoms with Crippen LogP contribution in [0.4, 0.5) is 0 Å². The first kappa shape index (κ1) is 41.2. The van der Waals surface area contributed by atoms with Crippen molar-refractivity contribution >= 4 is 7.82 Å². The Morgan fingerprint density at radius 3 is 1.08 bits per heavy atom. The average molecular weight is 580 g/mol. The third kappa shape index (κ3) is 40.2. The van der Waals surface area contributed by atoms with E-state index in [9.17, 15) is 4.57 Å². The third-order valence-electron chi connectivity index (χ3n) is 7.33. The maximum absolute atomic E-state index is 10.5. The fourth-order valence-electron chi connectivity index (χ4n) is 4.78. The van der Waals surface area contributed by atoms with Gasteiger partial charge in [0.25, 0.3) is 0 Å². The van der Waals surface area contributed by atoms with Crippen LogP contribution in [0.15, 0.2) is 0 Å². The van der Waals surface area contributed by atoms with E-state index in [0.717, 1.165) is 38.9 Å². The number of aliphatic hydroxyl groups is 1. The largest absolute Gasteiger partial charge is 0.469 e. The predicted octanol–water partition coefficient (Wildman–Crippen LogP) is 9.80. The predicted molar refractivity (Wildman–Crippen MR) is 169 cm³/mol. The van der Waals surface area contributed by atoms with Gasteiger partial charge in [0.1, 0.15) is 0 Å². The molecule has 0 unspecified atom stereocenters. The highest BCUT2D eigenvalue weighted by molar-refractivity contribution is 7.46. The highest BCUT2D eigenvalue weighted by Crippen LogP contribution is 2.35. The van der Waals surface area contributed by atoms with Crippen LogP contribution in [0.2, 0.25) is 0 Å². The average Bonchev–Trinajstić information content (AvgIpc) is 2.91. The zero-order valence-corrected chi connectivity index (χ0v) is 27.5. The molecule has 0 aliphatic carbocycles. The molecule has 238 valence electrons. The lowest BCUT2D eigenvalue weighted by atomic mass is 10.0. The lowest BCUT2D eigenvalue weighted by Crippen LogP contribution is -2.28. The molecule has 0 spiro atoms. The number of aliphatic hydroxyl groups excluding tert-OH is 1. The van der Waals surface area contributed by atoms with Crippen molar-refractivity contribution in [2.75, 3.05) is 32.8 Å². The standard InChI is InChI=1S/C22H47O4P.C10H23NO/c1-2-3-4-5-6-7-8-9-10-11-12-13-14-15-16-17-18-19-20-21-22-26-27(23,24)25;1-3-5-7-11(9-10-12)8-6-4-2/h2-22H2,1H3,(H2,23,24,25);12H,3-10H2,1-2H3. The Bertz CT molecular complexity index is 481. The van der Waals surface area contributed by atoms with Gasteiger partial charge in [-0.15, -0.1) is 0 Å². The first-order valence-corrected chi connectivity index (χ1v) is 18.5. The van der Waals surface area contributed by atoms with Gasteiger partial charge in [0.15, 0.2) is 0 Å². The zero-order valence-electron chi connectivity index (χ0n) is 26.6. The Balaban J connectivity index is 0. The molecule has 0 fully saturated rings. The summed E-state index contributed by atoms with van der Waals surface area (Å²) in [6.07, 6.45) is 31.5. The van der Waals surface area contributed by atoms with E-state index in [1.807, 2.05) is 0 Å². The lowest BCUT2D eigenvalue weighted by molar-refractivity contribution is 0.192. The van der Waals surface area contributed by atoms with Crippen LogP contribution in [0.1, 0.15) is 175 Å². The van der Waals surface area contributed by atoms with E-state index in [0.29, 0.717) is 6.61 Å². The molecule has 0 aromatic rings. The second kappa shape index (κ2) is 34.2. The minimum atomic E-state index is -4.26. The Kier molecular flexibility index (Phi) is 36.1. The van der Waals surface area contributed by atoms with Crippen molar-refractivity contribution in [1.82, 2.24) is 4.90 Å². The molecule has 0 bridgehead atoms. The number of rotatable bonds is 30. The molecule has 7 heteroatoms. The van der Waals surface area contributed by atoms with Crippen LogP contribution in [0.25, 0.3) is 0 Å². The molecule has 3 N–H and O–H groups in total. The summed E-state index contributed by atoms with van der Waals surface area (Å²) < 4.78 is 14.9. The molecule has 39 heavy (non-hydrogen) atoms. The molecule has 0 aliphatic rings. The fraction of sp³-hybridized carbons (Fsp3) is 1.00. The number of nitrogens with zero attached hydrogens (tertiary/aromatic N) is 1. The van der Waals surface area contributed by atoms with Gasteiger partial charge in [0, 0.05) is 6.54 Å². The van der Waals surface area contributed by atoms with Crippen LogP contribution < -0.4 is 0 Å². The number of hydrogen-bond acceptors (Lipinski definition) is 4. The maximum atomic E-state index is 10.5. The summed E-state index contributed by atoms with van der Waals surface area (Å²) in [4.78, 5) is 19.5. The first-order valence-electron chi connectivity index (χ1n) is 16.9. The van der Waals surface area contributed by atoms with Crippen LogP contribution in [0.5, 0.6) is 0 Å². The second-order valence-electron chi connectivity index (χ2n) is 11.3. The molecule has 6 nitrogen and oxygen atoms in total. The van der Waals surface area contributed by atoms with Crippen molar-refractivity contribution < 1.29 is 24.0 Å². The van der Waals surface area contributed by atoms with Crippen LogP contribution in [-0.2, 0) is 9.09 Å². The van der Waals surface area contributed by atoms with Gasteiger partial charge in [0.2, 0.25) is 0 Å². The van der Waals surface area contributed by atoms with E-state index in [4.69, 9.17) is 14.9 Å². The molecule has 0 amide bonds. The smallest absolute Gasteiger partial charge is 0.395 e. The Morgan fingerprint density at radius 2 is 0.795 bits per heavy atom. The molecule has 0 aromatic heterocycles. The van der Waals surface area contributed by atoms with Gasteiger partial charge >= 0.3 is 7.82 Å². The van der Waals surface area contributed by atoms with E-state index >= 15 is 0 Å². The highest BCUT2D eigenvalue weighted by Gasteiger charge is 2.12. The van der Waals surface area contributed by atoms with Gasteiger partial charge < -0.3 is 19.8 Å². The van der Waals surface area contributed by atoms with Gasteiger partial charge in [-0.1, -0.05) is 156 Å². The maximum Gasteiger partial charge on any atom is 0.469 e. The summed E-state index contributed by atoms with van der Waals surface area (Å²) in [5.41, 5.74) is 0. The van der Waals surface area contributed by atoms with Crippen molar-refractivity contribution in [2.24, 2.45) is 0 Å². The zero-order chi connectivity index (χ0) is 29.3. The summed E-state index contributed by atoms with van der Waals surface area (Å²) >= 11 is 0. The van der Waals surface area contributed by atoms with Crippen molar-refractivity contribution in [3.05, 3.63) is 0 Å². The number of phosphoric acid groups is 1. The molecule has 0 aromatic carbocycles. The van der Waals surface area contributed by atoms with Crippen molar-refractivity contribution in [3.63, 3.8) is 0 Å². The third-order valence-corrected chi connectivity index (χ3v) is 7.85. The monoisotopic (exact) mass is 579 g/mol. The fourth-order valence-corrected chi connectivity index (χ4v) is 5.15. The van der Waals surface area contributed by atoms with Gasteiger partial charge in [-0.05, 0) is 32.4 Å². The van der Waals surface area contributed by atoms with E-state index in [1.165, 1.54) is 135 Å². The van der Waals surface area contributed by atoms with Gasteiger partial charge in [0.05, 0.1) is 13.2 Å². The van der Waals surface area contributed by atoms with E-state index in [-0.39, 0.29) is 6.61 Å². The van der Waals surface area contributed by atoms with Gasteiger partial charge in [-0.2, -0.15) is 0 Å². The van der Waals surface area contributed by atoms with Crippen LogP contribution in [0.3, 0.4) is 0 Å². The highest BCUT2D eigenvalue weighted by atomic mass is 31.2. The molecule has 0 saturated carbocycles. The van der Waals surface area contributed by atoms with Crippen LogP contribution in [0, 0.1) is 0 Å². The van der Waals surface area contributed by atoms with Crippen molar-refractivity contribution in [2.45, 2.75) is 175 Å².